The fourth-order valence-corrected chi connectivity index (χ4v) is 3.22. The maximum absolute atomic E-state index is 5.78. The van der Waals surface area contributed by atoms with E-state index in [0.717, 1.165) is 38.7 Å². The Balaban J connectivity index is 1.47. The molecule has 1 aliphatic heterocycles. The summed E-state index contributed by atoms with van der Waals surface area (Å²) in [6.45, 7) is 5.20. The largest absolute Gasteiger partial charge is 0.376 e. The van der Waals surface area contributed by atoms with Crippen LogP contribution in [0.4, 0.5) is 0 Å². The predicted molar refractivity (Wildman–Crippen MR) is 75.0 cm³/mol. The van der Waals surface area contributed by atoms with Crippen molar-refractivity contribution in [2.75, 3.05) is 26.2 Å². The van der Waals surface area contributed by atoms with Gasteiger partial charge < -0.3 is 10.1 Å². The van der Waals surface area contributed by atoms with E-state index in [2.05, 4.69) is 27.0 Å². The molecule has 3 nitrogen and oxygen atoms in total. The van der Waals surface area contributed by atoms with Crippen LogP contribution in [0.2, 0.25) is 0 Å². The van der Waals surface area contributed by atoms with Crippen LogP contribution in [0.1, 0.15) is 24.8 Å². The molecule has 2 aliphatic rings. The quantitative estimate of drug-likeness (QED) is 0.853. The average Bonchev–Trinajstić information content (AvgIpc) is 3.13. The molecule has 0 spiro atoms. The Kier molecular flexibility index (Phi) is 4.31. The van der Waals surface area contributed by atoms with Crippen molar-refractivity contribution in [1.82, 2.24) is 10.2 Å². The molecule has 100 valence electrons. The van der Waals surface area contributed by atoms with Crippen LogP contribution in [0.5, 0.6) is 0 Å². The molecule has 4 heteroatoms. The Bertz CT molecular complexity index is 345. The highest BCUT2D eigenvalue weighted by Crippen LogP contribution is 2.29. The van der Waals surface area contributed by atoms with Crippen LogP contribution in [0, 0.1) is 0 Å². The Morgan fingerprint density at radius 3 is 3.06 bits per heavy atom. The zero-order valence-electron chi connectivity index (χ0n) is 10.8. The number of rotatable bonds is 6. The molecule has 2 heterocycles. The van der Waals surface area contributed by atoms with Crippen molar-refractivity contribution in [3.05, 3.63) is 22.4 Å². The first-order valence-electron chi connectivity index (χ1n) is 6.99. The summed E-state index contributed by atoms with van der Waals surface area (Å²) in [6, 6.07) is 3.08. The molecule has 1 aromatic heterocycles. The molecule has 0 aromatic carbocycles. The fraction of sp³-hybridized carbons (Fsp3) is 0.714. The molecular formula is C14H22N2OS. The first-order valence-corrected chi connectivity index (χ1v) is 7.93. The van der Waals surface area contributed by atoms with Crippen LogP contribution in [-0.2, 0) is 11.3 Å². The van der Waals surface area contributed by atoms with Crippen molar-refractivity contribution in [1.29, 1.82) is 0 Å². The molecule has 2 fully saturated rings. The van der Waals surface area contributed by atoms with Gasteiger partial charge in [-0.2, -0.15) is 11.3 Å². The number of morpholine rings is 1. The molecule has 1 atom stereocenters. The summed E-state index contributed by atoms with van der Waals surface area (Å²) in [5.41, 5.74) is 1.47. The molecule has 0 bridgehead atoms. The van der Waals surface area contributed by atoms with Gasteiger partial charge in [-0.25, -0.2) is 0 Å². The van der Waals surface area contributed by atoms with Crippen molar-refractivity contribution < 1.29 is 4.74 Å². The van der Waals surface area contributed by atoms with Crippen molar-refractivity contribution in [3.8, 4) is 0 Å². The Labute approximate surface area is 113 Å². The molecule has 0 amide bonds. The van der Waals surface area contributed by atoms with Crippen molar-refractivity contribution in [2.24, 2.45) is 0 Å². The Morgan fingerprint density at radius 2 is 2.39 bits per heavy atom. The highest BCUT2D eigenvalue weighted by Gasteiger charge is 2.29. The lowest BCUT2D eigenvalue weighted by atomic mass is 10.2. The summed E-state index contributed by atoms with van der Waals surface area (Å²) in [4.78, 5) is 2.64. The van der Waals surface area contributed by atoms with E-state index in [-0.39, 0.29) is 0 Å². The third kappa shape index (κ3) is 3.54. The van der Waals surface area contributed by atoms with Gasteiger partial charge >= 0.3 is 0 Å². The van der Waals surface area contributed by atoms with E-state index >= 15 is 0 Å². The zero-order chi connectivity index (χ0) is 12.2. The van der Waals surface area contributed by atoms with E-state index in [1.165, 1.54) is 24.9 Å². The summed E-state index contributed by atoms with van der Waals surface area (Å²) in [7, 11) is 0. The summed E-state index contributed by atoms with van der Waals surface area (Å²) in [5.74, 6) is 0. The predicted octanol–water partition coefficient (Wildman–Crippen LogP) is 2.09. The highest BCUT2D eigenvalue weighted by atomic mass is 32.1. The molecule has 18 heavy (non-hydrogen) atoms. The first-order chi connectivity index (χ1) is 8.92. The van der Waals surface area contributed by atoms with Crippen molar-refractivity contribution >= 4 is 11.3 Å². The summed E-state index contributed by atoms with van der Waals surface area (Å²) in [6.07, 6.45) is 4.35. The van der Waals surface area contributed by atoms with Crippen LogP contribution in [0.3, 0.4) is 0 Å². The SMILES string of the molecule is c1cc(CN(CCC2CNCCO2)C2CC2)cs1. The molecule has 1 N–H and O–H groups in total. The highest BCUT2D eigenvalue weighted by molar-refractivity contribution is 7.07. The lowest BCUT2D eigenvalue weighted by Crippen LogP contribution is -2.40. The molecule has 1 saturated carbocycles. The molecule has 1 unspecified atom stereocenters. The third-order valence-corrected chi connectivity index (χ3v) is 4.50. The molecular weight excluding hydrogens is 244 g/mol. The fourth-order valence-electron chi connectivity index (χ4n) is 2.56. The lowest BCUT2D eigenvalue weighted by molar-refractivity contribution is 0.0163. The maximum Gasteiger partial charge on any atom is 0.0712 e. The molecule has 1 aromatic rings. The van der Waals surface area contributed by atoms with Gasteiger partial charge in [0.2, 0.25) is 0 Å². The number of hydrogen-bond donors (Lipinski definition) is 1. The van der Waals surface area contributed by atoms with E-state index in [1.807, 2.05) is 0 Å². The summed E-state index contributed by atoms with van der Waals surface area (Å²) >= 11 is 1.80. The summed E-state index contributed by atoms with van der Waals surface area (Å²) < 4.78 is 5.78. The van der Waals surface area contributed by atoms with Crippen LogP contribution < -0.4 is 5.32 Å². The molecule has 1 saturated heterocycles. The number of ether oxygens (including phenoxy) is 1. The van der Waals surface area contributed by atoms with Gasteiger partial charge in [-0.3, -0.25) is 4.90 Å². The topological polar surface area (TPSA) is 24.5 Å². The Hall–Kier alpha value is -0.420. The van der Waals surface area contributed by atoms with E-state index in [0.29, 0.717) is 6.10 Å². The second kappa shape index (κ2) is 6.15. The van der Waals surface area contributed by atoms with Crippen molar-refractivity contribution in [3.63, 3.8) is 0 Å². The number of thiophene rings is 1. The van der Waals surface area contributed by atoms with Gasteiger partial charge in [0.25, 0.3) is 0 Å². The Morgan fingerprint density at radius 1 is 1.44 bits per heavy atom. The van der Waals surface area contributed by atoms with Crippen molar-refractivity contribution in [2.45, 2.75) is 38.0 Å². The van der Waals surface area contributed by atoms with Gasteiger partial charge in [0.1, 0.15) is 0 Å². The smallest absolute Gasteiger partial charge is 0.0712 e. The number of nitrogens with zero attached hydrogens (tertiary/aromatic N) is 1. The monoisotopic (exact) mass is 266 g/mol. The lowest BCUT2D eigenvalue weighted by Gasteiger charge is -2.27. The van der Waals surface area contributed by atoms with E-state index in [4.69, 9.17) is 4.74 Å². The normalized spacial score (nSPS) is 24.6. The van der Waals surface area contributed by atoms with Crippen LogP contribution >= 0.6 is 11.3 Å². The van der Waals surface area contributed by atoms with Gasteiger partial charge in [-0.15, -0.1) is 0 Å². The van der Waals surface area contributed by atoms with Crippen LogP contribution in [0.25, 0.3) is 0 Å². The van der Waals surface area contributed by atoms with Gasteiger partial charge in [0.05, 0.1) is 12.7 Å². The second-order valence-corrected chi connectivity index (χ2v) is 6.10. The average molecular weight is 266 g/mol. The first kappa shape index (κ1) is 12.6. The van der Waals surface area contributed by atoms with Gasteiger partial charge in [-0.05, 0) is 41.7 Å². The summed E-state index contributed by atoms with van der Waals surface area (Å²) in [5, 5.41) is 7.85. The molecule has 1 aliphatic carbocycles. The second-order valence-electron chi connectivity index (χ2n) is 5.32. The number of nitrogens with one attached hydrogen (secondary N) is 1. The minimum atomic E-state index is 0.419. The molecule has 3 rings (SSSR count). The standard InChI is InChI=1S/C14H22N2OS/c1-2-13(1)16(10-12-4-8-18-11-12)6-3-14-9-15-5-7-17-14/h4,8,11,13-15H,1-3,5-7,9-10H2. The number of hydrogen-bond acceptors (Lipinski definition) is 4. The third-order valence-electron chi connectivity index (χ3n) is 3.77. The van der Waals surface area contributed by atoms with Gasteiger partial charge in [0, 0.05) is 32.2 Å². The maximum atomic E-state index is 5.78. The van der Waals surface area contributed by atoms with Crippen LogP contribution in [0.15, 0.2) is 16.8 Å². The van der Waals surface area contributed by atoms with Gasteiger partial charge in [0.15, 0.2) is 0 Å². The van der Waals surface area contributed by atoms with E-state index in [1.54, 1.807) is 11.3 Å². The van der Waals surface area contributed by atoms with Gasteiger partial charge in [-0.1, -0.05) is 0 Å². The van der Waals surface area contributed by atoms with E-state index < -0.39 is 0 Å². The minimum Gasteiger partial charge on any atom is -0.376 e. The van der Waals surface area contributed by atoms with Crippen LogP contribution in [-0.4, -0.2) is 43.3 Å². The minimum absolute atomic E-state index is 0.419. The zero-order valence-corrected chi connectivity index (χ0v) is 11.6. The van der Waals surface area contributed by atoms with E-state index in [9.17, 15) is 0 Å². The molecule has 0 radical (unpaired) electrons.